The zero-order valence-electron chi connectivity index (χ0n) is 10.3. The van der Waals surface area contributed by atoms with Crippen LogP contribution in [0.4, 0.5) is 0 Å². The van der Waals surface area contributed by atoms with Crippen LogP contribution in [0.2, 0.25) is 0 Å². The lowest BCUT2D eigenvalue weighted by atomic mass is 9.82. The van der Waals surface area contributed by atoms with Crippen LogP contribution in [0.15, 0.2) is 36.5 Å². The highest BCUT2D eigenvalue weighted by Crippen LogP contribution is 2.34. The smallest absolute Gasteiger partial charge is 0.136 e. The van der Waals surface area contributed by atoms with E-state index in [0.717, 1.165) is 17.9 Å². The summed E-state index contributed by atoms with van der Waals surface area (Å²) in [7, 11) is 0. The molecule has 0 saturated heterocycles. The Morgan fingerprint density at radius 2 is 2.11 bits per heavy atom. The molecule has 1 aromatic carbocycles. The van der Waals surface area contributed by atoms with E-state index < -0.39 is 0 Å². The van der Waals surface area contributed by atoms with Gasteiger partial charge in [-0.1, -0.05) is 24.3 Å². The van der Waals surface area contributed by atoms with Crippen LogP contribution < -0.4 is 5.73 Å². The first-order chi connectivity index (χ1) is 8.88. The van der Waals surface area contributed by atoms with Crippen molar-refractivity contribution >= 4 is 0 Å². The molecule has 1 unspecified atom stereocenters. The Balaban J connectivity index is 2.02. The summed E-state index contributed by atoms with van der Waals surface area (Å²) >= 11 is 0. The molecule has 1 aliphatic carbocycles. The summed E-state index contributed by atoms with van der Waals surface area (Å²) in [6.07, 6.45) is 5.33. The summed E-state index contributed by atoms with van der Waals surface area (Å²) in [4.78, 5) is 9.02. The van der Waals surface area contributed by atoms with Crippen LogP contribution >= 0.6 is 0 Å². The summed E-state index contributed by atoms with van der Waals surface area (Å²) < 4.78 is 0. The van der Waals surface area contributed by atoms with E-state index in [1.165, 1.54) is 24.0 Å². The number of aryl methyl sites for hydroxylation is 1. The molecule has 1 heterocycles. The lowest BCUT2D eigenvalue weighted by molar-refractivity contribution is 0.587. The molecule has 3 rings (SSSR count). The van der Waals surface area contributed by atoms with E-state index in [-0.39, 0.29) is 0 Å². The molecule has 1 aromatic heterocycles. The Morgan fingerprint density at radius 3 is 3.00 bits per heavy atom. The lowest BCUT2D eigenvalue weighted by Gasteiger charge is -2.24. The van der Waals surface area contributed by atoms with Gasteiger partial charge in [-0.2, -0.15) is 0 Å². The molecule has 3 nitrogen and oxygen atoms in total. The van der Waals surface area contributed by atoms with E-state index in [2.05, 4.69) is 34.2 Å². The first-order valence-corrected chi connectivity index (χ1v) is 6.48. The molecular weight excluding hydrogens is 222 g/mol. The van der Waals surface area contributed by atoms with Crippen LogP contribution in [0.3, 0.4) is 0 Å². The van der Waals surface area contributed by atoms with Crippen molar-refractivity contribution < 1.29 is 0 Å². The minimum absolute atomic E-state index is 0.335. The Kier molecular flexibility index (Phi) is 3.07. The number of hydrogen-bond donors (Lipinski definition) is 1. The monoisotopic (exact) mass is 239 g/mol. The quantitative estimate of drug-likeness (QED) is 0.875. The summed E-state index contributed by atoms with van der Waals surface area (Å²) in [5.74, 6) is 1.26. The average Bonchev–Trinajstić information content (AvgIpc) is 2.47. The molecule has 0 spiro atoms. The Labute approximate surface area is 107 Å². The third kappa shape index (κ3) is 2.02. The molecule has 18 heavy (non-hydrogen) atoms. The van der Waals surface area contributed by atoms with Gasteiger partial charge in [0.1, 0.15) is 5.82 Å². The van der Waals surface area contributed by atoms with Crippen molar-refractivity contribution in [3.63, 3.8) is 0 Å². The Bertz CT molecular complexity index is 551. The average molecular weight is 239 g/mol. The van der Waals surface area contributed by atoms with Gasteiger partial charge in [0, 0.05) is 18.7 Å². The maximum absolute atomic E-state index is 5.65. The maximum atomic E-state index is 5.65. The van der Waals surface area contributed by atoms with Crippen molar-refractivity contribution in [2.24, 2.45) is 5.73 Å². The van der Waals surface area contributed by atoms with Crippen LogP contribution in [-0.2, 0) is 13.0 Å². The van der Waals surface area contributed by atoms with Gasteiger partial charge in [0.15, 0.2) is 0 Å². The summed E-state index contributed by atoms with van der Waals surface area (Å²) in [6, 6.07) is 10.5. The van der Waals surface area contributed by atoms with Crippen LogP contribution in [0.1, 0.15) is 41.4 Å². The third-order valence-corrected chi connectivity index (χ3v) is 3.62. The highest BCUT2D eigenvalue weighted by Gasteiger charge is 2.23. The Hall–Kier alpha value is -1.74. The fraction of sp³-hybridized carbons (Fsp3) is 0.333. The van der Waals surface area contributed by atoms with Gasteiger partial charge in [0.05, 0.1) is 5.69 Å². The minimum Gasteiger partial charge on any atom is -0.325 e. The van der Waals surface area contributed by atoms with Gasteiger partial charge in [-0.3, -0.25) is 0 Å². The van der Waals surface area contributed by atoms with Crippen LogP contribution in [0.25, 0.3) is 0 Å². The van der Waals surface area contributed by atoms with E-state index in [9.17, 15) is 0 Å². The summed E-state index contributed by atoms with van der Waals surface area (Å²) in [5, 5.41) is 0. The van der Waals surface area contributed by atoms with Crippen molar-refractivity contribution in [3.05, 3.63) is 59.2 Å². The van der Waals surface area contributed by atoms with Crippen LogP contribution in [-0.4, -0.2) is 9.97 Å². The highest BCUT2D eigenvalue weighted by atomic mass is 14.9. The molecule has 3 heteroatoms. The number of nitrogens with zero attached hydrogens (tertiary/aromatic N) is 2. The molecule has 92 valence electrons. The van der Waals surface area contributed by atoms with Gasteiger partial charge in [-0.25, -0.2) is 9.97 Å². The molecule has 0 radical (unpaired) electrons. The van der Waals surface area contributed by atoms with Gasteiger partial charge >= 0.3 is 0 Å². The van der Waals surface area contributed by atoms with E-state index in [1.807, 2.05) is 12.3 Å². The van der Waals surface area contributed by atoms with Crippen molar-refractivity contribution in [2.75, 3.05) is 0 Å². The molecular formula is C15H17N3. The van der Waals surface area contributed by atoms with Crippen LogP contribution in [0, 0.1) is 0 Å². The number of aromatic nitrogens is 2. The third-order valence-electron chi connectivity index (χ3n) is 3.62. The van der Waals surface area contributed by atoms with Crippen molar-refractivity contribution in [3.8, 4) is 0 Å². The second-order valence-electron chi connectivity index (χ2n) is 4.75. The van der Waals surface area contributed by atoms with E-state index in [4.69, 9.17) is 5.73 Å². The van der Waals surface area contributed by atoms with Crippen molar-refractivity contribution in [1.29, 1.82) is 0 Å². The maximum Gasteiger partial charge on any atom is 0.136 e. The van der Waals surface area contributed by atoms with E-state index in [0.29, 0.717) is 12.5 Å². The normalized spacial score (nSPS) is 18.4. The molecule has 0 amide bonds. The predicted molar refractivity (Wildman–Crippen MR) is 71.1 cm³/mol. The summed E-state index contributed by atoms with van der Waals surface area (Å²) in [6.45, 7) is 0.476. The molecule has 1 aliphatic rings. The first-order valence-electron chi connectivity index (χ1n) is 6.48. The highest BCUT2D eigenvalue weighted by molar-refractivity contribution is 5.36. The lowest BCUT2D eigenvalue weighted by Crippen LogP contribution is -2.15. The van der Waals surface area contributed by atoms with Gasteiger partial charge in [0.2, 0.25) is 0 Å². The number of benzene rings is 1. The standard InChI is InChI=1S/C15H17N3/c16-10-12-8-9-17-15(18-12)14-7-3-5-11-4-1-2-6-13(11)14/h1-2,4,6,8-9,14H,3,5,7,10,16H2. The topological polar surface area (TPSA) is 51.8 Å². The second-order valence-corrected chi connectivity index (χ2v) is 4.75. The molecule has 0 bridgehead atoms. The van der Waals surface area contributed by atoms with Gasteiger partial charge in [-0.05, 0) is 36.5 Å². The Morgan fingerprint density at radius 1 is 1.22 bits per heavy atom. The van der Waals surface area contributed by atoms with Crippen molar-refractivity contribution in [1.82, 2.24) is 9.97 Å². The molecule has 2 aromatic rings. The van der Waals surface area contributed by atoms with Gasteiger partial charge < -0.3 is 5.73 Å². The zero-order chi connectivity index (χ0) is 12.4. The first kappa shape index (κ1) is 11.4. The molecule has 2 N–H and O–H groups in total. The number of fused-ring (bicyclic) bond motifs is 1. The zero-order valence-corrected chi connectivity index (χ0v) is 10.3. The molecule has 0 saturated carbocycles. The fourth-order valence-electron chi connectivity index (χ4n) is 2.72. The number of hydrogen-bond acceptors (Lipinski definition) is 3. The minimum atomic E-state index is 0.335. The number of rotatable bonds is 2. The van der Waals surface area contributed by atoms with Crippen molar-refractivity contribution in [2.45, 2.75) is 31.7 Å². The number of nitrogens with two attached hydrogens (primary N) is 1. The fourth-order valence-corrected chi connectivity index (χ4v) is 2.72. The molecule has 0 fully saturated rings. The van der Waals surface area contributed by atoms with Gasteiger partial charge in [0.25, 0.3) is 0 Å². The molecule has 0 aliphatic heterocycles. The van der Waals surface area contributed by atoms with Crippen LogP contribution in [0.5, 0.6) is 0 Å². The summed E-state index contributed by atoms with van der Waals surface area (Å²) in [5.41, 5.74) is 9.40. The predicted octanol–water partition coefficient (Wildman–Crippen LogP) is 2.40. The largest absolute Gasteiger partial charge is 0.325 e. The second kappa shape index (κ2) is 4.86. The van der Waals surface area contributed by atoms with E-state index >= 15 is 0 Å². The van der Waals surface area contributed by atoms with E-state index in [1.54, 1.807) is 0 Å². The molecule has 1 atom stereocenters. The van der Waals surface area contributed by atoms with Gasteiger partial charge in [-0.15, -0.1) is 0 Å². The SMILES string of the molecule is NCc1ccnc(C2CCCc3ccccc32)n1.